The maximum absolute atomic E-state index is 12.1. The molecular formula is C17H11ClN2O3. The summed E-state index contributed by atoms with van der Waals surface area (Å²) in [6.45, 7) is 0. The highest BCUT2D eigenvalue weighted by molar-refractivity contribution is 6.31. The number of aromatic carboxylic acids is 1. The van der Waals surface area contributed by atoms with Gasteiger partial charge < -0.3 is 10.4 Å². The zero-order chi connectivity index (χ0) is 16.8. The van der Waals surface area contributed by atoms with E-state index in [9.17, 15) is 9.59 Å². The van der Waals surface area contributed by atoms with Crippen molar-refractivity contribution in [2.24, 2.45) is 0 Å². The third-order valence-corrected chi connectivity index (χ3v) is 3.15. The van der Waals surface area contributed by atoms with Crippen molar-refractivity contribution in [3.8, 4) is 6.07 Å². The van der Waals surface area contributed by atoms with Crippen LogP contribution in [0.1, 0.15) is 15.9 Å². The lowest BCUT2D eigenvalue weighted by Gasteiger charge is -2.04. The van der Waals surface area contributed by atoms with E-state index in [2.05, 4.69) is 5.32 Å². The Morgan fingerprint density at radius 3 is 2.43 bits per heavy atom. The van der Waals surface area contributed by atoms with Crippen LogP contribution in [0, 0.1) is 11.3 Å². The predicted octanol–water partition coefficient (Wildman–Crippen LogP) is 3.58. The van der Waals surface area contributed by atoms with Gasteiger partial charge in [0.15, 0.2) is 0 Å². The fraction of sp³-hybridized carbons (Fsp3) is 0. The molecule has 0 unspecified atom stereocenters. The van der Waals surface area contributed by atoms with Crippen molar-refractivity contribution < 1.29 is 14.7 Å². The number of nitrogens with one attached hydrogen (secondary N) is 1. The number of anilines is 1. The Bertz CT molecular complexity index is 820. The minimum absolute atomic E-state index is 0.104. The van der Waals surface area contributed by atoms with Gasteiger partial charge in [0.2, 0.25) is 0 Å². The number of amides is 1. The molecule has 114 valence electrons. The molecule has 0 saturated carbocycles. The molecule has 0 atom stereocenters. The smallest absolute Gasteiger partial charge is 0.335 e. The summed E-state index contributed by atoms with van der Waals surface area (Å²) < 4.78 is 0. The Labute approximate surface area is 137 Å². The van der Waals surface area contributed by atoms with Crippen LogP contribution in [-0.2, 0) is 4.79 Å². The first kappa shape index (κ1) is 16.3. The Morgan fingerprint density at radius 1 is 1.17 bits per heavy atom. The highest BCUT2D eigenvalue weighted by Crippen LogP contribution is 2.16. The summed E-state index contributed by atoms with van der Waals surface area (Å²) in [4.78, 5) is 22.9. The van der Waals surface area contributed by atoms with Crippen LogP contribution >= 0.6 is 11.6 Å². The van der Waals surface area contributed by atoms with Crippen molar-refractivity contribution in [2.45, 2.75) is 0 Å². The molecule has 0 heterocycles. The standard InChI is InChI=1S/C17H11ClN2O3/c18-14-2-1-3-15(9-14)20-16(21)13(10-19)8-11-4-6-12(7-5-11)17(22)23/h1-9H,(H,20,21)(H,22,23)/b13-8+. The van der Waals surface area contributed by atoms with Crippen LogP contribution in [0.3, 0.4) is 0 Å². The van der Waals surface area contributed by atoms with Crippen molar-refractivity contribution in [3.63, 3.8) is 0 Å². The Morgan fingerprint density at radius 2 is 1.87 bits per heavy atom. The zero-order valence-corrected chi connectivity index (χ0v) is 12.5. The highest BCUT2D eigenvalue weighted by atomic mass is 35.5. The number of benzene rings is 2. The van der Waals surface area contributed by atoms with Gasteiger partial charge in [-0.05, 0) is 42.0 Å². The van der Waals surface area contributed by atoms with E-state index in [4.69, 9.17) is 22.0 Å². The molecule has 2 aromatic carbocycles. The maximum Gasteiger partial charge on any atom is 0.335 e. The second-order valence-corrected chi connectivity index (χ2v) is 5.00. The molecule has 6 heteroatoms. The van der Waals surface area contributed by atoms with Gasteiger partial charge >= 0.3 is 5.97 Å². The summed E-state index contributed by atoms with van der Waals surface area (Å²) in [5.74, 6) is -1.61. The topological polar surface area (TPSA) is 90.2 Å². The molecule has 1 amide bonds. The van der Waals surface area contributed by atoms with E-state index >= 15 is 0 Å². The number of nitriles is 1. The van der Waals surface area contributed by atoms with Crippen LogP contribution in [0.15, 0.2) is 54.1 Å². The van der Waals surface area contributed by atoms with E-state index < -0.39 is 11.9 Å². The molecule has 2 rings (SSSR count). The quantitative estimate of drug-likeness (QED) is 0.663. The summed E-state index contributed by atoms with van der Waals surface area (Å²) in [5.41, 5.74) is 1.05. The number of carboxylic acid groups (broad SMARTS) is 1. The van der Waals surface area contributed by atoms with Crippen molar-refractivity contribution in [2.75, 3.05) is 5.32 Å². The summed E-state index contributed by atoms with van der Waals surface area (Å²) in [6, 6.07) is 14.2. The van der Waals surface area contributed by atoms with Crippen molar-refractivity contribution in [1.82, 2.24) is 0 Å². The highest BCUT2D eigenvalue weighted by Gasteiger charge is 2.10. The van der Waals surface area contributed by atoms with Crippen LogP contribution in [-0.4, -0.2) is 17.0 Å². The second kappa shape index (κ2) is 7.25. The predicted molar refractivity (Wildman–Crippen MR) is 87.1 cm³/mol. The lowest BCUT2D eigenvalue weighted by Crippen LogP contribution is -2.13. The minimum Gasteiger partial charge on any atom is -0.478 e. The largest absolute Gasteiger partial charge is 0.478 e. The third-order valence-electron chi connectivity index (χ3n) is 2.92. The van der Waals surface area contributed by atoms with Gasteiger partial charge in [-0.15, -0.1) is 0 Å². The second-order valence-electron chi connectivity index (χ2n) is 4.56. The van der Waals surface area contributed by atoms with E-state index in [1.54, 1.807) is 24.3 Å². The molecule has 0 fully saturated rings. The Hall–Kier alpha value is -3.10. The number of nitrogens with zero attached hydrogens (tertiary/aromatic N) is 1. The normalized spacial score (nSPS) is 10.7. The molecule has 23 heavy (non-hydrogen) atoms. The SMILES string of the molecule is N#C/C(=C\c1ccc(C(=O)O)cc1)C(=O)Nc1cccc(Cl)c1. The van der Waals surface area contributed by atoms with E-state index in [0.717, 1.165) is 0 Å². The van der Waals surface area contributed by atoms with Gasteiger partial charge in [-0.3, -0.25) is 4.79 Å². The lowest BCUT2D eigenvalue weighted by molar-refractivity contribution is -0.112. The van der Waals surface area contributed by atoms with Crippen molar-refractivity contribution in [1.29, 1.82) is 5.26 Å². The molecular weight excluding hydrogens is 316 g/mol. The number of carboxylic acids is 1. The monoisotopic (exact) mass is 326 g/mol. The molecule has 0 aliphatic heterocycles. The van der Waals surface area contributed by atoms with E-state index in [0.29, 0.717) is 16.3 Å². The average Bonchev–Trinajstić information content (AvgIpc) is 2.53. The molecule has 0 radical (unpaired) electrons. The fourth-order valence-electron chi connectivity index (χ4n) is 1.80. The van der Waals surface area contributed by atoms with Crippen LogP contribution in [0.2, 0.25) is 5.02 Å². The first-order valence-electron chi connectivity index (χ1n) is 6.51. The van der Waals surface area contributed by atoms with Gasteiger partial charge in [0.05, 0.1) is 5.56 Å². The van der Waals surface area contributed by atoms with Gasteiger partial charge in [0.25, 0.3) is 5.91 Å². The number of carbonyl (C=O) groups excluding carboxylic acids is 1. The molecule has 0 aromatic heterocycles. The molecule has 2 N–H and O–H groups in total. The summed E-state index contributed by atoms with van der Waals surface area (Å²) in [6.07, 6.45) is 1.38. The first-order valence-corrected chi connectivity index (χ1v) is 6.89. The van der Waals surface area contributed by atoms with Crippen molar-refractivity contribution in [3.05, 3.63) is 70.3 Å². The Kier molecular flexibility index (Phi) is 5.13. The zero-order valence-electron chi connectivity index (χ0n) is 11.8. The van der Waals surface area contributed by atoms with Crippen LogP contribution in [0.25, 0.3) is 6.08 Å². The summed E-state index contributed by atoms with van der Waals surface area (Å²) in [5, 5.41) is 21.0. The summed E-state index contributed by atoms with van der Waals surface area (Å²) in [7, 11) is 0. The van der Waals surface area contributed by atoms with Crippen LogP contribution in [0.5, 0.6) is 0 Å². The molecule has 0 spiro atoms. The van der Waals surface area contributed by atoms with Gasteiger partial charge in [0, 0.05) is 10.7 Å². The molecule has 0 saturated heterocycles. The van der Waals surface area contributed by atoms with E-state index in [1.165, 1.54) is 30.3 Å². The molecule has 2 aromatic rings. The average molecular weight is 327 g/mol. The number of rotatable bonds is 4. The van der Waals surface area contributed by atoms with Crippen molar-refractivity contribution >= 4 is 35.2 Å². The van der Waals surface area contributed by atoms with Gasteiger partial charge in [-0.25, -0.2) is 4.79 Å². The van der Waals surface area contributed by atoms with Gasteiger partial charge in [-0.1, -0.05) is 29.8 Å². The lowest BCUT2D eigenvalue weighted by atomic mass is 10.1. The molecule has 5 nitrogen and oxygen atoms in total. The van der Waals surface area contributed by atoms with Gasteiger partial charge in [0.1, 0.15) is 11.6 Å². The number of carbonyl (C=O) groups is 2. The first-order chi connectivity index (χ1) is 11.0. The van der Waals surface area contributed by atoms with Gasteiger partial charge in [-0.2, -0.15) is 5.26 Å². The number of hydrogen-bond acceptors (Lipinski definition) is 3. The van der Waals surface area contributed by atoms with Crippen LogP contribution in [0.4, 0.5) is 5.69 Å². The van der Waals surface area contributed by atoms with E-state index in [-0.39, 0.29) is 11.1 Å². The third kappa shape index (κ3) is 4.43. The van der Waals surface area contributed by atoms with E-state index in [1.807, 2.05) is 6.07 Å². The summed E-state index contributed by atoms with van der Waals surface area (Å²) >= 11 is 5.83. The number of hydrogen-bond donors (Lipinski definition) is 2. The molecule has 0 bridgehead atoms. The minimum atomic E-state index is -1.04. The number of halogens is 1. The Balaban J connectivity index is 2.19. The molecule has 0 aliphatic rings. The fourth-order valence-corrected chi connectivity index (χ4v) is 1.99. The van der Waals surface area contributed by atoms with Crippen LogP contribution < -0.4 is 5.32 Å². The molecule has 0 aliphatic carbocycles. The maximum atomic E-state index is 12.1.